The molecular formula is C19H15N3O. The molecule has 0 aliphatic rings. The summed E-state index contributed by atoms with van der Waals surface area (Å²) in [5, 5.41) is 9.44. The van der Waals surface area contributed by atoms with Crippen molar-refractivity contribution >= 4 is 22.2 Å². The summed E-state index contributed by atoms with van der Waals surface area (Å²) in [6.07, 6.45) is 3.68. The van der Waals surface area contributed by atoms with Crippen LogP contribution in [-0.4, -0.2) is 15.5 Å². The van der Waals surface area contributed by atoms with E-state index >= 15 is 0 Å². The summed E-state index contributed by atoms with van der Waals surface area (Å²) in [6.45, 7) is 0.458. The summed E-state index contributed by atoms with van der Waals surface area (Å²) in [4.78, 5) is 12.4. The molecule has 0 spiro atoms. The van der Waals surface area contributed by atoms with Crippen molar-refractivity contribution in [1.82, 2.24) is 14.9 Å². The van der Waals surface area contributed by atoms with Gasteiger partial charge in [0, 0.05) is 23.9 Å². The summed E-state index contributed by atoms with van der Waals surface area (Å²) in [7, 11) is 0. The number of pyridine rings is 1. The number of benzene rings is 2. The summed E-state index contributed by atoms with van der Waals surface area (Å²) in [6, 6.07) is 19.6. The van der Waals surface area contributed by atoms with E-state index in [-0.39, 0.29) is 5.91 Å². The number of nitrogens with one attached hydrogen (secondary N) is 1. The highest BCUT2D eigenvalue weighted by Gasteiger charge is 2.08. The van der Waals surface area contributed by atoms with Crippen LogP contribution >= 0.6 is 0 Å². The number of carbonyl (C=O) groups excluding carboxylic acids is 1. The maximum absolute atomic E-state index is 12.4. The number of carbonyl (C=O) groups is 1. The van der Waals surface area contributed by atoms with Crippen LogP contribution in [0.3, 0.4) is 0 Å². The van der Waals surface area contributed by atoms with Gasteiger partial charge in [0.2, 0.25) is 0 Å². The first-order valence-electron chi connectivity index (χ1n) is 7.49. The molecule has 4 rings (SSSR count). The molecule has 0 atom stereocenters. The van der Waals surface area contributed by atoms with Gasteiger partial charge in [-0.1, -0.05) is 36.4 Å². The lowest BCUT2D eigenvalue weighted by Crippen LogP contribution is -2.22. The highest BCUT2D eigenvalue weighted by atomic mass is 16.1. The average molecular weight is 301 g/mol. The van der Waals surface area contributed by atoms with Crippen LogP contribution in [0.25, 0.3) is 16.3 Å². The third-order valence-corrected chi connectivity index (χ3v) is 3.96. The van der Waals surface area contributed by atoms with Crippen molar-refractivity contribution in [3.63, 3.8) is 0 Å². The van der Waals surface area contributed by atoms with E-state index in [9.17, 15) is 4.79 Å². The van der Waals surface area contributed by atoms with E-state index in [2.05, 4.69) is 10.4 Å². The molecule has 23 heavy (non-hydrogen) atoms. The SMILES string of the molecule is O=C(NCc1cnn2ccccc12)c1ccc2ccccc2c1. The first-order chi connectivity index (χ1) is 11.3. The molecule has 0 saturated heterocycles. The van der Waals surface area contributed by atoms with Crippen molar-refractivity contribution in [2.45, 2.75) is 6.54 Å². The molecule has 0 aliphatic carbocycles. The van der Waals surface area contributed by atoms with Crippen molar-refractivity contribution in [3.8, 4) is 0 Å². The second-order valence-electron chi connectivity index (χ2n) is 5.44. The van der Waals surface area contributed by atoms with Gasteiger partial charge in [-0.2, -0.15) is 5.10 Å². The molecule has 0 aliphatic heterocycles. The molecule has 0 fully saturated rings. The predicted molar refractivity (Wildman–Crippen MR) is 90.3 cm³/mol. The molecule has 4 nitrogen and oxygen atoms in total. The topological polar surface area (TPSA) is 46.4 Å². The van der Waals surface area contributed by atoms with Crippen LogP contribution in [0.4, 0.5) is 0 Å². The molecule has 2 heterocycles. The summed E-state index contributed by atoms with van der Waals surface area (Å²) in [5.74, 6) is -0.0777. The Kier molecular flexibility index (Phi) is 3.27. The zero-order chi connectivity index (χ0) is 15.6. The highest BCUT2D eigenvalue weighted by molar-refractivity contribution is 5.98. The molecule has 0 bridgehead atoms. The summed E-state index contributed by atoms with van der Waals surface area (Å²) in [5.41, 5.74) is 2.67. The van der Waals surface area contributed by atoms with Crippen LogP contribution in [-0.2, 0) is 6.54 Å². The smallest absolute Gasteiger partial charge is 0.251 e. The monoisotopic (exact) mass is 301 g/mol. The van der Waals surface area contributed by atoms with Gasteiger partial charge < -0.3 is 5.32 Å². The number of rotatable bonds is 3. The molecule has 1 amide bonds. The van der Waals surface area contributed by atoms with E-state index in [4.69, 9.17) is 0 Å². The zero-order valence-electron chi connectivity index (χ0n) is 12.4. The van der Waals surface area contributed by atoms with Crippen LogP contribution in [0.5, 0.6) is 0 Å². The van der Waals surface area contributed by atoms with Gasteiger partial charge in [0.15, 0.2) is 0 Å². The van der Waals surface area contributed by atoms with Crippen molar-refractivity contribution in [2.24, 2.45) is 0 Å². The van der Waals surface area contributed by atoms with E-state index in [0.717, 1.165) is 21.9 Å². The number of hydrogen-bond donors (Lipinski definition) is 1. The number of fused-ring (bicyclic) bond motifs is 2. The van der Waals surface area contributed by atoms with Gasteiger partial charge in [-0.3, -0.25) is 4.79 Å². The molecular weight excluding hydrogens is 286 g/mol. The molecule has 4 aromatic rings. The Morgan fingerprint density at radius 2 is 1.83 bits per heavy atom. The molecule has 2 aromatic carbocycles. The van der Waals surface area contributed by atoms with Gasteiger partial charge in [0.05, 0.1) is 11.7 Å². The van der Waals surface area contributed by atoms with Gasteiger partial charge >= 0.3 is 0 Å². The number of aromatic nitrogens is 2. The standard InChI is InChI=1S/C19H15N3O/c23-19(16-9-8-14-5-1-2-6-15(14)11-16)20-12-17-13-21-22-10-4-3-7-18(17)22/h1-11,13H,12H2,(H,20,23). The molecule has 0 unspecified atom stereocenters. The second-order valence-corrected chi connectivity index (χ2v) is 5.44. The fraction of sp³-hybridized carbons (Fsp3) is 0.0526. The molecule has 0 radical (unpaired) electrons. The lowest BCUT2D eigenvalue weighted by atomic mass is 10.1. The lowest BCUT2D eigenvalue weighted by molar-refractivity contribution is 0.0951. The third kappa shape index (κ3) is 2.55. The minimum atomic E-state index is -0.0777. The lowest BCUT2D eigenvalue weighted by Gasteiger charge is -2.06. The van der Waals surface area contributed by atoms with Gasteiger partial charge in [0.1, 0.15) is 0 Å². The van der Waals surface area contributed by atoms with Crippen molar-refractivity contribution in [1.29, 1.82) is 0 Å². The zero-order valence-corrected chi connectivity index (χ0v) is 12.4. The van der Waals surface area contributed by atoms with E-state index in [0.29, 0.717) is 12.1 Å². The summed E-state index contributed by atoms with van der Waals surface area (Å²) < 4.78 is 1.80. The van der Waals surface area contributed by atoms with Crippen LogP contribution in [0.2, 0.25) is 0 Å². The fourth-order valence-electron chi connectivity index (χ4n) is 2.73. The molecule has 2 aromatic heterocycles. The van der Waals surface area contributed by atoms with E-state index in [1.165, 1.54) is 0 Å². The van der Waals surface area contributed by atoms with Crippen molar-refractivity contribution in [3.05, 3.63) is 84.2 Å². The quantitative estimate of drug-likeness (QED) is 0.630. The Labute approximate surface area is 133 Å². The maximum atomic E-state index is 12.4. The Hall–Kier alpha value is -3.14. The van der Waals surface area contributed by atoms with Gasteiger partial charge in [-0.25, -0.2) is 4.52 Å². The van der Waals surface area contributed by atoms with Crippen molar-refractivity contribution < 1.29 is 4.79 Å². The first kappa shape index (κ1) is 13.5. The Balaban J connectivity index is 1.55. The van der Waals surface area contributed by atoms with Crippen LogP contribution < -0.4 is 5.32 Å². The minimum Gasteiger partial charge on any atom is -0.348 e. The van der Waals surface area contributed by atoms with E-state index in [1.807, 2.05) is 66.9 Å². The normalized spacial score (nSPS) is 11.0. The summed E-state index contributed by atoms with van der Waals surface area (Å²) >= 11 is 0. The molecule has 0 saturated carbocycles. The Morgan fingerprint density at radius 1 is 1.00 bits per heavy atom. The van der Waals surface area contributed by atoms with Crippen LogP contribution in [0, 0.1) is 0 Å². The third-order valence-electron chi connectivity index (χ3n) is 3.96. The number of amides is 1. The predicted octanol–water partition coefficient (Wildman–Crippen LogP) is 3.42. The molecule has 1 N–H and O–H groups in total. The van der Waals surface area contributed by atoms with E-state index in [1.54, 1.807) is 10.7 Å². The van der Waals surface area contributed by atoms with Crippen LogP contribution in [0.15, 0.2) is 73.1 Å². The fourth-order valence-corrected chi connectivity index (χ4v) is 2.73. The average Bonchev–Trinajstić information content (AvgIpc) is 3.02. The highest BCUT2D eigenvalue weighted by Crippen LogP contribution is 2.16. The maximum Gasteiger partial charge on any atom is 0.251 e. The van der Waals surface area contributed by atoms with Gasteiger partial charge in [0.25, 0.3) is 5.91 Å². The second kappa shape index (κ2) is 5.57. The minimum absolute atomic E-state index is 0.0777. The largest absolute Gasteiger partial charge is 0.348 e. The van der Waals surface area contributed by atoms with Crippen molar-refractivity contribution in [2.75, 3.05) is 0 Å². The van der Waals surface area contributed by atoms with Gasteiger partial charge in [-0.15, -0.1) is 0 Å². The molecule has 112 valence electrons. The number of hydrogen-bond acceptors (Lipinski definition) is 2. The Bertz CT molecular complexity index is 1000. The van der Waals surface area contributed by atoms with E-state index < -0.39 is 0 Å². The van der Waals surface area contributed by atoms with Gasteiger partial charge in [-0.05, 0) is 35.0 Å². The number of nitrogens with zero attached hydrogens (tertiary/aromatic N) is 2. The first-order valence-corrected chi connectivity index (χ1v) is 7.49. The molecule has 4 heteroatoms. The van der Waals surface area contributed by atoms with Crippen LogP contribution in [0.1, 0.15) is 15.9 Å². The Morgan fingerprint density at radius 3 is 2.74 bits per heavy atom.